The second-order valence-electron chi connectivity index (χ2n) is 8.42. The standard InChI is InChI=1S/C11H9N3O2S2.C9H12N4OS2.C5H6N2O2S4/c1-8-2-4-10(12-6-8)17-18-11-5-3-9(7-13-11)14(15)16;1-7-5-8(16-15-4-2-3-14)13-9(12-7)10-6-11-13;1-10-4-6-7-5(12-4)13-11-2-3(8)9/h2-7H,1H3;5-6,14H,2-4H2,1H3;2H2,1H3,(H,8,9). The number of rotatable bonds is 14. The Morgan fingerprint density at radius 3 is 2.30 bits per heavy atom. The molecule has 0 aliphatic carbocycles. The van der Waals surface area contributed by atoms with E-state index in [1.54, 1.807) is 38.4 Å². The van der Waals surface area contributed by atoms with Gasteiger partial charge in [-0.2, -0.15) is 14.6 Å². The number of carboxylic acids is 1. The molecular formula is C25H27N9O5S8. The summed E-state index contributed by atoms with van der Waals surface area (Å²) < 4.78 is 3.43. The number of hydrogen-bond acceptors (Lipinski definition) is 19. The molecule has 0 spiro atoms. The summed E-state index contributed by atoms with van der Waals surface area (Å²) in [7, 11) is 8.83. The second kappa shape index (κ2) is 21.6. The zero-order valence-electron chi connectivity index (χ0n) is 24.9. The first-order valence-electron chi connectivity index (χ1n) is 13.0. The lowest BCUT2D eigenvalue weighted by atomic mass is 10.3. The van der Waals surface area contributed by atoms with E-state index in [4.69, 9.17) is 10.2 Å². The van der Waals surface area contributed by atoms with Gasteiger partial charge >= 0.3 is 5.97 Å². The number of carboxylic acid groups (broad SMARTS) is 1. The van der Waals surface area contributed by atoms with Crippen molar-refractivity contribution in [1.29, 1.82) is 0 Å². The van der Waals surface area contributed by atoms with Crippen molar-refractivity contribution in [2.24, 2.45) is 0 Å². The van der Waals surface area contributed by atoms with Gasteiger partial charge in [-0.1, -0.05) is 50.8 Å². The molecule has 47 heavy (non-hydrogen) atoms. The maximum atomic E-state index is 10.5. The van der Waals surface area contributed by atoms with E-state index in [0.717, 1.165) is 42.2 Å². The fourth-order valence-electron chi connectivity index (χ4n) is 2.74. The molecule has 0 aliphatic heterocycles. The molecule has 5 aromatic heterocycles. The van der Waals surface area contributed by atoms with Crippen LogP contribution >= 0.6 is 87.9 Å². The van der Waals surface area contributed by atoms with E-state index in [1.807, 2.05) is 38.3 Å². The lowest BCUT2D eigenvalue weighted by Gasteiger charge is -2.03. The lowest BCUT2D eigenvalue weighted by Crippen LogP contribution is -1.96. The van der Waals surface area contributed by atoms with Gasteiger partial charge < -0.3 is 10.2 Å². The Hall–Kier alpha value is -2.31. The molecule has 5 aromatic rings. The minimum atomic E-state index is -0.813. The first kappa shape index (κ1) is 39.1. The number of nitro groups is 1. The highest BCUT2D eigenvalue weighted by Gasteiger charge is 2.08. The van der Waals surface area contributed by atoms with E-state index in [-0.39, 0.29) is 18.0 Å². The molecule has 0 aliphatic rings. The van der Waals surface area contributed by atoms with Crippen molar-refractivity contribution in [3.63, 3.8) is 0 Å². The Kier molecular flexibility index (Phi) is 18.0. The predicted octanol–water partition coefficient (Wildman–Crippen LogP) is 7.13. The number of aliphatic carboxylic acids is 1. The molecule has 0 atom stereocenters. The third kappa shape index (κ3) is 14.8. The largest absolute Gasteiger partial charge is 0.481 e. The third-order valence-corrected chi connectivity index (χ3v) is 13.8. The fraction of sp³-hybridized carbons (Fsp3) is 0.280. The first-order valence-corrected chi connectivity index (χ1v) is 21.9. The molecule has 14 nitrogen and oxygen atoms in total. The van der Waals surface area contributed by atoms with Crippen LogP contribution in [0.25, 0.3) is 5.78 Å². The number of nitrogens with zero attached hydrogens (tertiary/aromatic N) is 9. The van der Waals surface area contributed by atoms with Crippen LogP contribution in [-0.4, -0.2) is 85.2 Å². The summed E-state index contributed by atoms with van der Waals surface area (Å²) in [4.78, 5) is 36.8. The minimum absolute atomic E-state index is 0.00203. The molecule has 0 aromatic carbocycles. The lowest BCUT2D eigenvalue weighted by molar-refractivity contribution is -0.385. The van der Waals surface area contributed by atoms with E-state index in [9.17, 15) is 14.9 Å². The molecule has 5 heterocycles. The van der Waals surface area contributed by atoms with Crippen LogP contribution in [0.5, 0.6) is 0 Å². The Morgan fingerprint density at radius 2 is 1.70 bits per heavy atom. The van der Waals surface area contributed by atoms with Crippen LogP contribution in [-0.2, 0) is 4.79 Å². The van der Waals surface area contributed by atoms with Gasteiger partial charge in [0.1, 0.15) is 33.4 Å². The van der Waals surface area contributed by atoms with Crippen molar-refractivity contribution in [3.8, 4) is 0 Å². The number of thioether (sulfide) groups is 1. The highest BCUT2D eigenvalue weighted by molar-refractivity contribution is 8.77. The molecule has 0 saturated heterocycles. The predicted molar refractivity (Wildman–Crippen MR) is 195 cm³/mol. The van der Waals surface area contributed by atoms with Gasteiger partial charge in [0.15, 0.2) is 8.68 Å². The van der Waals surface area contributed by atoms with Crippen LogP contribution in [0.3, 0.4) is 0 Å². The maximum absolute atomic E-state index is 10.5. The van der Waals surface area contributed by atoms with Crippen molar-refractivity contribution < 1.29 is 19.9 Å². The quantitative estimate of drug-likeness (QED) is 0.0287. The summed E-state index contributed by atoms with van der Waals surface area (Å²) in [5, 5.41) is 42.0. The summed E-state index contributed by atoms with van der Waals surface area (Å²) in [6.45, 7) is 4.16. The summed E-state index contributed by atoms with van der Waals surface area (Å²) in [5.41, 5.74) is 2.04. The van der Waals surface area contributed by atoms with Crippen LogP contribution in [0.2, 0.25) is 0 Å². The summed E-state index contributed by atoms with van der Waals surface area (Å²) in [5.74, 6) is 0.815. The van der Waals surface area contributed by atoms with E-state index in [0.29, 0.717) is 10.8 Å². The average Bonchev–Trinajstić information content (AvgIpc) is 3.73. The van der Waals surface area contributed by atoms with Gasteiger partial charge in [-0.25, -0.2) is 15.0 Å². The highest BCUT2D eigenvalue weighted by atomic mass is 33.1. The van der Waals surface area contributed by atoms with E-state index in [2.05, 4.69) is 35.2 Å². The Labute approximate surface area is 301 Å². The van der Waals surface area contributed by atoms with Crippen molar-refractivity contribution in [3.05, 3.63) is 70.4 Å². The van der Waals surface area contributed by atoms with Gasteiger partial charge in [0, 0.05) is 30.3 Å². The molecule has 2 N–H and O–H groups in total. The summed E-state index contributed by atoms with van der Waals surface area (Å²) >= 11 is 3.01. The van der Waals surface area contributed by atoms with Crippen LogP contribution in [0, 0.1) is 24.0 Å². The molecule has 0 fully saturated rings. The van der Waals surface area contributed by atoms with Crippen LogP contribution < -0.4 is 0 Å². The SMILES string of the molecule is CSc1nnc(SSCC(=O)O)s1.Cc1cc(SSCCCO)n2ncnc2n1.Cc1ccc(SSc2ccc([N+](=O)[O-])cn2)nc1. The molecule has 22 heteroatoms. The fourth-order valence-corrected chi connectivity index (χ4v) is 10.1. The molecule has 0 radical (unpaired) electrons. The highest BCUT2D eigenvalue weighted by Crippen LogP contribution is 2.36. The molecular weight excluding hydrogens is 763 g/mol. The van der Waals surface area contributed by atoms with Crippen molar-refractivity contribution >= 4 is 105 Å². The summed E-state index contributed by atoms with van der Waals surface area (Å²) in [6, 6.07) is 8.97. The van der Waals surface area contributed by atoms with Crippen molar-refractivity contribution in [2.45, 2.75) is 44.0 Å². The normalized spacial score (nSPS) is 10.6. The monoisotopic (exact) mass is 789 g/mol. The molecule has 0 unspecified atom stereocenters. The van der Waals surface area contributed by atoms with Gasteiger partial charge in [0.25, 0.3) is 11.5 Å². The molecule has 250 valence electrons. The van der Waals surface area contributed by atoms with Crippen molar-refractivity contribution in [2.75, 3.05) is 24.4 Å². The van der Waals surface area contributed by atoms with Crippen molar-refractivity contribution in [1.82, 2.24) is 39.7 Å². The van der Waals surface area contributed by atoms with Gasteiger partial charge in [-0.3, -0.25) is 14.9 Å². The number of aliphatic hydroxyl groups excluding tert-OH is 1. The number of aliphatic hydroxyl groups is 1. The summed E-state index contributed by atoms with van der Waals surface area (Å²) in [6.07, 6.45) is 7.30. The number of carbonyl (C=O) groups is 1. The first-order chi connectivity index (χ1) is 22.7. The second-order valence-corrected chi connectivity index (χ2v) is 17.6. The number of aryl methyl sites for hydroxylation is 2. The molecule has 0 amide bonds. The third-order valence-electron chi connectivity index (χ3n) is 4.78. The van der Waals surface area contributed by atoms with E-state index in [1.165, 1.54) is 84.9 Å². The topological polar surface area (TPSA) is 195 Å². The van der Waals surface area contributed by atoms with Crippen LogP contribution in [0.15, 0.2) is 72.8 Å². The van der Waals surface area contributed by atoms with Gasteiger partial charge in [0.05, 0.1) is 4.92 Å². The average molecular weight is 790 g/mol. The maximum Gasteiger partial charge on any atom is 0.314 e. The van der Waals surface area contributed by atoms with Gasteiger partial charge in [0.2, 0.25) is 0 Å². The van der Waals surface area contributed by atoms with E-state index < -0.39 is 10.9 Å². The zero-order chi connectivity index (χ0) is 34.0. The minimum Gasteiger partial charge on any atom is -0.481 e. The van der Waals surface area contributed by atoms with Gasteiger partial charge in [-0.15, -0.1) is 10.2 Å². The number of fused-ring (bicyclic) bond motifs is 1. The van der Waals surface area contributed by atoms with Crippen LogP contribution in [0.1, 0.15) is 17.7 Å². The number of aromatic nitrogens is 8. The Balaban J connectivity index is 0.000000194. The molecule has 0 saturated carbocycles. The van der Waals surface area contributed by atoms with Gasteiger partial charge in [-0.05, 0) is 93.5 Å². The Morgan fingerprint density at radius 1 is 0.979 bits per heavy atom. The van der Waals surface area contributed by atoms with Crippen LogP contribution in [0.4, 0.5) is 5.69 Å². The molecule has 5 rings (SSSR count). The van der Waals surface area contributed by atoms with E-state index >= 15 is 0 Å². The number of hydrogen-bond donors (Lipinski definition) is 2. The Bertz CT molecular complexity index is 1690. The number of pyridine rings is 2. The molecule has 0 bridgehead atoms. The smallest absolute Gasteiger partial charge is 0.314 e. The zero-order valence-corrected chi connectivity index (χ0v) is 31.4.